The Morgan fingerprint density at radius 2 is 2.44 bits per heavy atom. The smallest absolute Gasteiger partial charge is 0.248 e. The van der Waals surface area contributed by atoms with E-state index in [1.807, 2.05) is 0 Å². The van der Waals surface area contributed by atoms with Gasteiger partial charge in [-0.1, -0.05) is 13.3 Å². The van der Waals surface area contributed by atoms with Crippen molar-refractivity contribution in [1.82, 2.24) is 5.32 Å². The molecule has 0 aromatic rings. The van der Waals surface area contributed by atoms with Crippen LogP contribution in [0.4, 0.5) is 0 Å². The third-order valence-corrected chi connectivity index (χ3v) is 1.03. The summed E-state index contributed by atoms with van der Waals surface area (Å²) < 4.78 is 0. The number of aliphatic hydroxyl groups excluding tert-OH is 1. The molecule has 0 aromatic heterocycles. The Morgan fingerprint density at radius 1 is 1.89 bits per heavy atom. The summed E-state index contributed by atoms with van der Waals surface area (Å²) >= 11 is 0. The summed E-state index contributed by atoms with van der Waals surface area (Å²) in [5.41, 5.74) is 0. The van der Waals surface area contributed by atoms with Gasteiger partial charge in [0.05, 0.1) is 0 Å². The van der Waals surface area contributed by atoms with Crippen molar-refractivity contribution in [3.8, 4) is 0 Å². The molecule has 1 radical (unpaired) electrons. The van der Waals surface area contributed by atoms with Gasteiger partial charge < -0.3 is 10.4 Å². The molecule has 0 rings (SSSR count). The van der Waals surface area contributed by atoms with E-state index < -0.39 is 6.10 Å². The van der Waals surface area contributed by atoms with Gasteiger partial charge in [-0.25, -0.2) is 0 Å². The largest absolute Gasteiger partial charge is 0.383 e. The Hall–Kier alpha value is -0.570. The molecule has 0 heterocycles. The maximum Gasteiger partial charge on any atom is 0.248 e. The lowest BCUT2D eigenvalue weighted by Crippen LogP contribution is -2.31. The summed E-state index contributed by atoms with van der Waals surface area (Å²) in [6.07, 6.45) is 0.126. The molecular formula is C6H12NO2. The van der Waals surface area contributed by atoms with E-state index in [2.05, 4.69) is 12.2 Å². The van der Waals surface area contributed by atoms with Crippen LogP contribution in [0, 0.1) is 6.92 Å². The van der Waals surface area contributed by atoms with E-state index >= 15 is 0 Å². The number of hydrogen-bond acceptors (Lipinski definition) is 2. The van der Waals surface area contributed by atoms with Crippen LogP contribution in [0.1, 0.15) is 12.8 Å². The van der Waals surface area contributed by atoms with Crippen LogP contribution >= 0.6 is 0 Å². The minimum absolute atomic E-state index is 0.335. The molecule has 1 unspecified atom stereocenters. The predicted octanol–water partition coefficient (Wildman–Crippen LogP) is -0.292. The molecule has 0 saturated carbocycles. The van der Waals surface area contributed by atoms with Crippen molar-refractivity contribution in [3.05, 3.63) is 6.92 Å². The summed E-state index contributed by atoms with van der Waals surface area (Å²) in [5.74, 6) is -0.335. The average molecular weight is 130 g/mol. The number of amides is 1. The van der Waals surface area contributed by atoms with Gasteiger partial charge >= 0.3 is 0 Å². The zero-order chi connectivity index (χ0) is 7.28. The molecule has 0 saturated heterocycles. The van der Waals surface area contributed by atoms with E-state index in [1.54, 1.807) is 0 Å². The quantitative estimate of drug-likeness (QED) is 0.551. The zero-order valence-corrected chi connectivity index (χ0v) is 5.55. The second-order valence-electron chi connectivity index (χ2n) is 1.77. The van der Waals surface area contributed by atoms with Crippen molar-refractivity contribution in [2.75, 3.05) is 7.05 Å². The van der Waals surface area contributed by atoms with Crippen molar-refractivity contribution in [2.45, 2.75) is 18.9 Å². The molecule has 2 N–H and O–H groups in total. The standard InChI is InChI=1S/C6H12NO2/c1-3-4-5(8)6(9)7-2/h5,8H,1,3-4H2,2H3,(H,7,9). The summed E-state index contributed by atoms with van der Waals surface area (Å²) in [4.78, 5) is 10.5. The highest BCUT2D eigenvalue weighted by molar-refractivity contribution is 5.79. The number of nitrogens with one attached hydrogen (secondary N) is 1. The van der Waals surface area contributed by atoms with E-state index in [0.29, 0.717) is 12.8 Å². The maximum atomic E-state index is 10.5. The lowest BCUT2D eigenvalue weighted by Gasteiger charge is -2.05. The van der Waals surface area contributed by atoms with Crippen LogP contribution in [0.25, 0.3) is 0 Å². The molecule has 9 heavy (non-hydrogen) atoms. The first-order chi connectivity index (χ1) is 4.22. The number of rotatable bonds is 3. The topological polar surface area (TPSA) is 49.3 Å². The van der Waals surface area contributed by atoms with Crippen LogP contribution in [-0.2, 0) is 4.79 Å². The van der Waals surface area contributed by atoms with Gasteiger partial charge in [-0.3, -0.25) is 4.79 Å². The third-order valence-electron chi connectivity index (χ3n) is 1.03. The molecule has 0 fully saturated rings. The van der Waals surface area contributed by atoms with E-state index in [4.69, 9.17) is 5.11 Å². The molecular weight excluding hydrogens is 118 g/mol. The first kappa shape index (κ1) is 8.43. The lowest BCUT2D eigenvalue weighted by atomic mass is 10.2. The van der Waals surface area contributed by atoms with E-state index in [0.717, 1.165) is 0 Å². The van der Waals surface area contributed by atoms with Crippen LogP contribution < -0.4 is 5.32 Å². The zero-order valence-electron chi connectivity index (χ0n) is 5.55. The fourth-order valence-corrected chi connectivity index (χ4v) is 0.491. The molecule has 53 valence electrons. The molecule has 0 aliphatic carbocycles. The van der Waals surface area contributed by atoms with Gasteiger partial charge in [-0.15, -0.1) is 0 Å². The molecule has 0 aliphatic rings. The summed E-state index contributed by atoms with van der Waals surface area (Å²) in [6, 6.07) is 0. The Labute approximate surface area is 55.1 Å². The molecule has 3 nitrogen and oxygen atoms in total. The lowest BCUT2D eigenvalue weighted by molar-refractivity contribution is -0.129. The molecule has 1 amide bonds. The van der Waals surface area contributed by atoms with Crippen LogP contribution in [0.2, 0.25) is 0 Å². The van der Waals surface area contributed by atoms with Crippen LogP contribution in [0.5, 0.6) is 0 Å². The Balaban J connectivity index is 3.45. The highest BCUT2D eigenvalue weighted by atomic mass is 16.3. The Bertz CT molecular complexity index is 93.1. The number of likely N-dealkylation sites (N-methyl/N-ethyl adjacent to an activating group) is 1. The fourth-order valence-electron chi connectivity index (χ4n) is 0.491. The van der Waals surface area contributed by atoms with Crippen LogP contribution in [-0.4, -0.2) is 24.2 Å². The molecule has 3 heteroatoms. The summed E-state index contributed by atoms with van der Waals surface area (Å²) in [7, 11) is 1.49. The normalized spacial score (nSPS) is 12.8. The maximum absolute atomic E-state index is 10.5. The van der Waals surface area contributed by atoms with Crippen LogP contribution in [0.3, 0.4) is 0 Å². The highest BCUT2D eigenvalue weighted by Crippen LogP contribution is 1.93. The van der Waals surface area contributed by atoms with Gasteiger partial charge in [-0.2, -0.15) is 0 Å². The summed E-state index contributed by atoms with van der Waals surface area (Å²) in [6.45, 7) is 3.50. The Morgan fingerprint density at radius 3 is 2.78 bits per heavy atom. The molecule has 0 spiro atoms. The SMILES string of the molecule is [CH2]CCC(O)C(=O)NC. The summed E-state index contributed by atoms with van der Waals surface area (Å²) in [5, 5.41) is 11.2. The van der Waals surface area contributed by atoms with E-state index in [-0.39, 0.29) is 5.91 Å². The van der Waals surface area contributed by atoms with Crippen molar-refractivity contribution in [2.24, 2.45) is 0 Å². The molecule has 1 atom stereocenters. The van der Waals surface area contributed by atoms with E-state index in [9.17, 15) is 4.79 Å². The van der Waals surface area contributed by atoms with Gasteiger partial charge in [0.2, 0.25) is 5.91 Å². The Kier molecular flexibility index (Phi) is 4.05. The second-order valence-corrected chi connectivity index (χ2v) is 1.77. The number of aliphatic hydroxyl groups is 1. The van der Waals surface area contributed by atoms with Gasteiger partial charge in [0.25, 0.3) is 0 Å². The fraction of sp³-hybridized carbons (Fsp3) is 0.667. The number of hydrogen-bond donors (Lipinski definition) is 2. The molecule has 0 aromatic carbocycles. The second kappa shape index (κ2) is 4.32. The number of carbonyl (C=O) groups excluding carboxylic acids is 1. The highest BCUT2D eigenvalue weighted by Gasteiger charge is 2.09. The van der Waals surface area contributed by atoms with Crippen molar-refractivity contribution in [3.63, 3.8) is 0 Å². The minimum atomic E-state index is -0.882. The first-order valence-electron chi connectivity index (χ1n) is 2.91. The first-order valence-corrected chi connectivity index (χ1v) is 2.91. The monoisotopic (exact) mass is 130 g/mol. The predicted molar refractivity (Wildman–Crippen MR) is 34.7 cm³/mol. The molecule has 0 bridgehead atoms. The number of carbonyl (C=O) groups is 1. The van der Waals surface area contributed by atoms with Gasteiger partial charge in [0, 0.05) is 7.05 Å². The third kappa shape index (κ3) is 3.08. The van der Waals surface area contributed by atoms with Crippen molar-refractivity contribution in [1.29, 1.82) is 0 Å². The van der Waals surface area contributed by atoms with Crippen molar-refractivity contribution >= 4 is 5.91 Å². The minimum Gasteiger partial charge on any atom is -0.383 e. The van der Waals surface area contributed by atoms with Crippen LogP contribution in [0.15, 0.2) is 0 Å². The van der Waals surface area contributed by atoms with Gasteiger partial charge in [0.15, 0.2) is 0 Å². The van der Waals surface area contributed by atoms with E-state index in [1.165, 1.54) is 7.05 Å². The van der Waals surface area contributed by atoms with Crippen molar-refractivity contribution < 1.29 is 9.90 Å². The average Bonchev–Trinajstić information content (AvgIpc) is 1.87. The van der Waals surface area contributed by atoms with Gasteiger partial charge in [0.1, 0.15) is 6.10 Å². The van der Waals surface area contributed by atoms with Gasteiger partial charge in [-0.05, 0) is 6.42 Å². The molecule has 0 aliphatic heterocycles.